The highest BCUT2D eigenvalue weighted by Gasteiger charge is 2.21. The molecule has 1 N–H and O–H groups in total. The zero-order valence-corrected chi connectivity index (χ0v) is 17.9. The standard InChI is InChI=1S/C18H20N4O3S3/c1-3-22(4-2)28(24,25)14-7-5-13(6-8-14)21-16(23)11-27-18-15-9-10-26-17(15)19-12-20-18/h5-10,12H,3-4,11H2,1-2H3,(H,21,23). The summed E-state index contributed by atoms with van der Waals surface area (Å²) in [5, 5.41) is 6.43. The van der Waals surface area contributed by atoms with Crippen LogP contribution >= 0.6 is 23.1 Å². The predicted octanol–water partition coefficient (Wildman–Crippen LogP) is 3.45. The summed E-state index contributed by atoms with van der Waals surface area (Å²) in [7, 11) is -3.50. The number of aromatic nitrogens is 2. The van der Waals surface area contributed by atoms with E-state index >= 15 is 0 Å². The van der Waals surface area contributed by atoms with E-state index in [-0.39, 0.29) is 16.6 Å². The number of hydrogen-bond acceptors (Lipinski definition) is 7. The van der Waals surface area contributed by atoms with Gasteiger partial charge in [0.2, 0.25) is 15.9 Å². The van der Waals surface area contributed by atoms with Crippen LogP contribution < -0.4 is 5.32 Å². The number of nitrogens with zero attached hydrogens (tertiary/aromatic N) is 3. The molecule has 0 fully saturated rings. The highest BCUT2D eigenvalue weighted by Crippen LogP contribution is 2.27. The minimum absolute atomic E-state index is 0.189. The third-order valence-electron chi connectivity index (χ3n) is 4.05. The average Bonchev–Trinajstić information content (AvgIpc) is 3.17. The number of carbonyl (C=O) groups is 1. The molecule has 2 aromatic heterocycles. The lowest BCUT2D eigenvalue weighted by molar-refractivity contribution is -0.113. The molecule has 0 radical (unpaired) electrons. The average molecular weight is 437 g/mol. The van der Waals surface area contributed by atoms with E-state index in [4.69, 9.17) is 0 Å². The Morgan fingerprint density at radius 3 is 2.54 bits per heavy atom. The fourth-order valence-electron chi connectivity index (χ4n) is 2.64. The molecular formula is C18H20N4O3S3. The van der Waals surface area contributed by atoms with Crippen LogP contribution in [0.1, 0.15) is 13.8 Å². The Morgan fingerprint density at radius 1 is 1.14 bits per heavy atom. The first kappa shape index (κ1) is 20.7. The molecule has 1 aromatic carbocycles. The third-order valence-corrected chi connectivity index (χ3v) is 7.94. The molecule has 0 saturated carbocycles. The molecule has 0 unspecified atom stereocenters. The summed E-state index contributed by atoms with van der Waals surface area (Å²) in [5.74, 6) is 0.00732. The molecule has 28 heavy (non-hydrogen) atoms. The van der Waals surface area contributed by atoms with E-state index in [9.17, 15) is 13.2 Å². The van der Waals surface area contributed by atoms with Crippen molar-refractivity contribution in [1.82, 2.24) is 14.3 Å². The van der Waals surface area contributed by atoms with Gasteiger partial charge in [0, 0.05) is 24.2 Å². The molecule has 0 spiro atoms. The van der Waals surface area contributed by atoms with Crippen molar-refractivity contribution < 1.29 is 13.2 Å². The molecule has 148 valence electrons. The Morgan fingerprint density at radius 2 is 1.86 bits per heavy atom. The van der Waals surface area contributed by atoms with Crippen LogP contribution in [-0.2, 0) is 14.8 Å². The first-order valence-electron chi connectivity index (χ1n) is 8.66. The Hall–Kier alpha value is -2.01. The predicted molar refractivity (Wildman–Crippen MR) is 113 cm³/mol. The molecule has 10 heteroatoms. The molecule has 3 aromatic rings. The van der Waals surface area contributed by atoms with Crippen LogP contribution in [0.15, 0.2) is 52.0 Å². The Balaban J connectivity index is 1.62. The lowest BCUT2D eigenvalue weighted by Gasteiger charge is -2.18. The van der Waals surface area contributed by atoms with Gasteiger partial charge < -0.3 is 5.32 Å². The van der Waals surface area contributed by atoms with E-state index in [2.05, 4.69) is 15.3 Å². The minimum Gasteiger partial charge on any atom is -0.325 e. The van der Waals surface area contributed by atoms with Gasteiger partial charge in [0.1, 0.15) is 16.2 Å². The van der Waals surface area contributed by atoms with Gasteiger partial charge >= 0.3 is 0 Å². The number of nitrogens with one attached hydrogen (secondary N) is 1. The summed E-state index contributed by atoms with van der Waals surface area (Å²) >= 11 is 2.87. The number of anilines is 1. The third kappa shape index (κ3) is 4.52. The van der Waals surface area contributed by atoms with Crippen molar-refractivity contribution >= 4 is 54.9 Å². The van der Waals surface area contributed by atoms with Crippen molar-refractivity contribution in [2.75, 3.05) is 24.2 Å². The molecular weight excluding hydrogens is 416 g/mol. The van der Waals surface area contributed by atoms with E-state index in [1.54, 1.807) is 26.0 Å². The molecule has 1 amide bonds. The van der Waals surface area contributed by atoms with Crippen LogP contribution in [0.3, 0.4) is 0 Å². The molecule has 0 atom stereocenters. The van der Waals surface area contributed by atoms with Crippen LogP contribution in [0.5, 0.6) is 0 Å². The van der Waals surface area contributed by atoms with Crippen LogP contribution in [0.25, 0.3) is 10.2 Å². The summed E-state index contributed by atoms with van der Waals surface area (Å²) in [6.45, 7) is 4.42. The van der Waals surface area contributed by atoms with E-state index in [1.165, 1.54) is 45.9 Å². The Labute approximate surface area is 172 Å². The van der Waals surface area contributed by atoms with Gasteiger partial charge in [-0.3, -0.25) is 4.79 Å². The number of carbonyl (C=O) groups excluding carboxylic acids is 1. The summed E-state index contributed by atoms with van der Waals surface area (Å²) in [5.41, 5.74) is 0.549. The number of rotatable bonds is 8. The second-order valence-electron chi connectivity index (χ2n) is 5.77. The van der Waals surface area contributed by atoms with Gasteiger partial charge in [-0.25, -0.2) is 18.4 Å². The zero-order chi connectivity index (χ0) is 20.1. The maximum absolute atomic E-state index is 12.5. The fraction of sp³-hybridized carbons (Fsp3) is 0.278. The quantitative estimate of drug-likeness (QED) is 0.429. The summed E-state index contributed by atoms with van der Waals surface area (Å²) < 4.78 is 26.4. The highest BCUT2D eigenvalue weighted by atomic mass is 32.2. The van der Waals surface area contributed by atoms with E-state index in [1.807, 2.05) is 11.4 Å². The summed E-state index contributed by atoms with van der Waals surface area (Å²) in [6.07, 6.45) is 1.49. The molecule has 0 bridgehead atoms. The van der Waals surface area contributed by atoms with Crippen LogP contribution in [-0.4, -0.2) is 47.4 Å². The van der Waals surface area contributed by atoms with Gasteiger partial charge in [-0.1, -0.05) is 25.6 Å². The summed E-state index contributed by atoms with van der Waals surface area (Å²) in [4.78, 5) is 21.8. The number of thiophene rings is 1. The van der Waals surface area contributed by atoms with Gasteiger partial charge in [-0.15, -0.1) is 11.3 Å². The van der Waals surface area contributed by atoms with Gasteiger partial charge in [0.25, 0.3) is 0 Å². The molecule has 0 aliphatic carbocycles. The highest BCUT2D eigenvalue weighted by molar-refractivity contribution is 8.00. The second-order valence-corrected chi connectivity index (χ2v) is 9.57. The fourth-order valence-corrected chi connectivity index (χ4v) is 5.67. The molecule has 7 nitrogen and oxygen atoms in total. The van der Waals surface area contributed by atoms with Crippen molar-refractivity contribution in [3.05, 3.63) is 42.0 Å². The van der Waals surface area contributed by atoms with Crippen LogP contribution in [0.4, 0.5) is 5.69 Å². The van der Waals surface area contributed by atoms with Crippen LogP contribution in [0.2, 0.25) is 0 Å². The number of thioether (sulfide) groups is 1. The number of hydrogen-bond donors (Lipinski definition) is 1. The number of sulfonamides is 1. The van der Waals surface area contributed by atoms with Crippen molar-refractivity contribution in [3.8, 4) is 0 Å². The van der Waals surface area contributed by atoms with Crippen molar-refractivity contribution in [1.29, 1.82) is 0 Å². The van der Waals surface area contributed by atoms with E-state index < -0.39 is 10.0 Å². The van der Waals surface area contributed by atoms with Gasteiger partial charge in [-0.05, 0) is 35.7 Å². The van der Waals surface area contributed by atoms with Gasteiger partial charge in [0.15, 0.2) is 0 Å². The first-order chi connectivity index (χ1) is 13.5. The number of amides is 1. The maximum Gasteiger partial charge on any atom is 0.243 e. The molecule has 0 aliphatic rings. The second kappa shape index (κ2) is 8.99. The monoisotopic (exact) mass is 436 g/mol. The minimum atomic E-state index is -3.50. The lowest BCUT2D eigenvalue weighted by atomic mass is 10.3. The normalized spacial score (nSPS) is 11.8. The van der Waals surface area contributed by atoms with Crippen LogP contribution in [0, 0.1) is 0 Å². The molecule has 2 heterocycles. The molecule has 0 aliphatic heterocycles. The number of benzene rings is 1. The van der Waals surface area contributed by atoms with Crippen molar-refractivity contribution in [2.45, 2.75) is 23.8 Å². The molecule has 0 saturated heterocycles. The van der Waals surface area contributed by atoms with E-state index in [0.29, 0.717) is 18.8 Å². The SMILES string of the molecule is CCN(CC)S(=O)(=O)c1ccc(NC(=O)CSc2ncnc3sccc23)cc1. The number of fused-ring (bicyclic) bond motifs is 1. The smallest absolute Gasteiger partial charge is 0.243 e. The van der Waals surface area contributed by atoms with E-state index in [0.717, 1.165) is 15.2 Å². The topological polar surface area (TPSA) is 92.3 Å². The Bertz CT molecular complexity index is 1060. The lowest BCUT2D eigenvalue weighted by Crippen LogP contribution is -2.30. The molecule has 3 rings (SSSR count). The largest absolute Gasteiger partial charge is 0.325 e. The van der Waals surface area contributed by atoms with Crippen molar-refractivity contribution in [3.63, 3.8) is 0 Å². The zero-order valence-electron chi connectivity index (χ0n) is 15.5. The maximum atomic E-state index is 12.5. The van der Waals surface area contributed by atoms with Crippen molar-refractivity contribution in [2.24, 2.45) is 0 Å². The Kier molecular flexibility index (Phi) is 6.65. The van der Waals surface area contributed by atoms with Gasteiger partial charge in [0.05, 0.1) is 10.6 Å². The first-order valence-corrected chi connectivity index (χ1v) is 12.0. The summed E-state index contributed by atoms with van der Waals surface area (Å²) in [6, 6.07) is 8.15. The van der Waals surface area contributed by atoms with Gasteiger partial charge in [-0.2, -0.15) is 4.31 Å².